The van der Waals surface area contributed by atoms with E-state index in [4.69, 9.17) is 10.8 Å². The van der Waals surface area contributed by atoms with Gasteiger partial charge >= 0.3 is 5.97 Å². The Kier molecular flexibility index (Phi) is 4.18. The minimum atomic E-state index is -0.927. The molecule has 0 spiro atoms. The van der Waals surface area contributed by atoms with Crippen molar-refractivity contribution in [3.8, 4) is 0 Å². The zero-order valence-electron chi connectivity index (χ0n) is 7.83. The van der Waals surface area contributed by atoms with Crippen molar-refractivity contribution in [2.75, 3.05) is 6.54 Å². The number of carbonyl (C=O) groups is 1. The average Bonchev–Trinajstić information content (AvgIpc) is 2.15. The average molecular weight is 186 g/mol. The summed E-state index contributed by atoms with van der Waals surface area (Å²) in [5, 5.41) is 11.7. The molecule has 13 heavy (non-hydrogen) atoms. The molecule has 0 radical (unpaired) electrons. The van der Waals surface area contributed by atoms with Crippen molar-refractivity contribution < 1.29 is 9.90 Å². The van der Waals surface area contributed by atoms with Crippen molar-refractivity contribution >= 4 is 5.97 Å². The van der Waals surface area contributed by atoms with E-state index in [0.717, 1.165) is 12.8 Å². The molecule has 1 atom stereocenters. The molecule has 4 N–H and O–H groups in total. The Balaban J connectivity index is 2.13. The monoisotopic (exact) mass is 186 g/mol. The minimum absolute atomic E-state index is 0.389. The van der Waals surface area contributed by atoms with Crippen LogP contribution < -0.4 is 11.1 Å². The summed E-state index contributed by atoms with van der Waals surface area (Å²) >= 11 is 0. The fourth-order valence-electron chi connectivity index (χ4n) is 1.69. The Bertz CT molecular complexity index is 167. The Morgan fingerprint density at radius 1 is 1.46 bits per heavy atom. The molecular formula is C9H18N2O2. The maximum Gasteiger partial charge on any atom is 0.321 e. The molecule has 0 saturated heterocycles. The molecule has 1 rings (SSSR count). The van der Waals surface area contributed by atoms with Gasteiger partial charge in [0.15, 0.2) is 0 Å². The van der Waals surface area contributed by atoms with Gasteiger partial charge in [0.05, 0.1) is 0 Å². The molecule has 0 aromatic rings. The predicted octanol–water partition coefficient (Wildman–Crippen LogP) is 0.321. The van der Waals surface area contributed by atoms with E-state index in [1.165, 1.54) is 19.3 Å². The van der Waals surface area contributed by atoms with Crippen LogP contribution in [-0.2, 0) is 4.79 Å². The first kappa shape index (κ1) is 10.5. The SMILES string of the molecule is NC(CNC1CCCCC1)C(=O)O. The molecule has 1 aliphatic carbocycles. The smallest absolute Gasteiger partial charge is 0.321 e. The molecule has 0 aromatic carbocycles. The van der Waals surface area contributed by atoms with E-state index in [0.29, 0.717) is 12.6 Å². The van der Waals surface area contributed by atoms with Gasteiger partial charge in [-0.1, -0.05) is 19.3 Å². The normalized spacial score (nSPS) is 21.3. The molecule has 1 fully saturated rings. The highest BCUT2D eigenvalue weighted by molar-refractivity contribution is 5.73. The third-order valence-corrected chi connectivity index (χ3v) is 2.55. The summed E-state index contributed by atoms with van der Waals surface area (Å²) < 4.78 is 0. The molecule has 1 saturated carbocycles. The third kappa shape index (κ3) is 3.74. The maximum atomic E-state index is 10.4. The molecule has 1 unspecified atom stereocenters. The predicted molar refractivity (Wildman–Crippen MR) is 50.5 cm³/mol. The van der Waals surface area contributed by atoms with Crippen LogP contribution in [0.2, 0.25) is 0 Å². The van der Waals surface area contributed by atoms with Crippen LogP contribution in [0.3, 0.4) is 0 Å². The van der Waals surface area contributed by atoms with Crippen LogP contribution in [0.4, 0.5) is 0 Å². The van der Waals surface area contributed by atoms with Crippen LogP contribution in [0.5, 0.6) is 0 Å². The number of carboxylic acids is 1. The van der Waals surface area contributed by atoms with E-state index in [1.807, 2.05) is 0 Å². The van der Waals surface area contributed by atoms with Crippen LogP contribution in [0, 0.1) is 0 Å². The van der Waals surface area contributed by atoms with Crippen molar-refractivity contribution in [3.05, 3.63) is 0 Å². The molecule has 0 aromatic heterocycles. The van der Waals surface area contributed by atoms with Gasteiger partial charge in [-0.15, -0.1) is 0 Å². The van der Waals surface area contributed by atoms with Crippen LogP contribution in [0.25, 0.3) is 0 Å². The maximum absolute atomic E-state index is 10.4. The second kappa shape index (κ2) is 5.19. The number of carboxylic acid groups (broad SMARTS) is 1. The van der Waals surface area contributed by atoms with Crippen molar-refractivity contribution in [1.29, 1.82) is 0 Å². The molecule has 76 valence electrons. The lowest BCUT2D eigenvalue weighted by molar-refractivity contribution is -0.138. The number of aliphatic carboxylic acids is 1. The molecule has 4 nitrogen and oxygen atoms in total. The van der Waals surface area contributed by atoms with Gasteiger partial charge in [0.25, 0.3) is 0 Å². The van der Waals surface area contributed by atoms with Gasteiger partial charge in [-0.05, 0) is 12.8 Å². The summed E-state index contributed by atoms with van der Waals surface area (Å²) in [4.78, 5) is 10.4. The first-order valence-electron chi connectivity index (χ1n) is 4.92. The number of hydrogen-bond acceptors (Lipinski definition) is 3. The zero-order valence-corrected chi connectivity index (χ0v) is 7.83. The summed E-state index contributed by atoms with van der Waals surface area (Å²) in [6.07, 6.45) is 6.13. The van der Waals surface area contributed by atoms with Crippen LogP contribution in [-0.4, -0.2) is 29.7 Å². The first-order chi connectivity index (χ1) is 6.20. The van der Waals surface area contributed by atoms with Crippen LogP contribution in [0.15, 0.2) is 0 Å². The third-order valence-electron chi connectivity index (χ3n) is 2.55. The van der Waals surface area contributed by atoms with Gasteiger partial charge in [0.1, 0.15) is 6.04 Å². The molecular weight excluding hydrogens is 168 g/mol. The molecule has 1 aliphatic rings. The van der Waals surface area contributed by atoms with Crippen molar-refractivity contribution in [3.63, 3.8) is 0 Å². The number of hydrogen-bond donors (Lipinski definition) is 3. The van der Waals surface area contributed by atoms with Crippen LogP contribution >= 0.6 is 0 Å². The van der Waals surface area contributed by atoms with Gasteiger partial charge in [0.2, 0.25) is 0 Å². The number of nitrogens with one attached hydrogen (secondary N) is 1. The van der Waals surface area contributed by atoms with E-state index in [-0.39, 0.29) is 0 Å². The lowest BCUT2D eigenvalue weighted by atomic mass is 9.95. The van der Waals surface area contributed by atoms with Gasteiger partial charge in [-0.3, -0.25) is 4.79 Å². The summed E-state index contributed by atoms with van der Waals surface area (Å²) in [6, 6.07) is -0.277. The molecule has 0 bridgehead atoms. The lowest BCUT2D eigenvalue weighted by Crippen LogP contribution is -2.44. The largest absolute Gasteiger partial charge is 0.480 e. The summed E-state index contributed by atoms with van der Waals surface area (Å²) in [6.45, 7) is 0.389. The number of nitrogens with two attached hydrogens (primary N) is 1. The quantitative estimate of drug-likeness (QED) is 0.591. The topological polar surface area (TPSA) is 75.3 Å². The fourth-order valence-corrected chi connectivity index (χ4v) is 1.69. The minimum Gasteiger partial charge on any atom is -0.480 e. The van der Waals surface area contributed by atoms with E-state index in [9.17, 15) is 4.79 Å². The van der Waals surface area contributed by atoms with E-state index < -0.39 is 12.0 Å². The van der Waals surface area contributed by atoms with Gasteiger partial charge in [-0.2, -0.15) is 0 Å². The Labute approximate surface area is 78.5 Å². The van der Waals surface area contributed by atoms with E-state index in [2.05, 4.69) is 5.32 Å². The number of rotatable bonds is 4. The Morgan fingerprint density at radius 2 is 2.08 bits per heavy atom. The molecule has 0 heterocycles. The summed E-state index contributed by atoms with van der Waals surface area (Å²) in [5.74, 6) is -0.927. The van der Waals surface area contributed by atoms with Gasteiger partial charge < -0.3 is 16.2 Å². The van der Waals surface area contributed by atoms with Gasteiger partial charge in [-0.25, -0.2) is 0 Å². The van der Waals surface area contributed by atoms with Crippen molar-refractivity contribution in [2.24, 2.45) is 5.73 Å². The van der Waals surface area contributed by atoms with E-state index in [1.54, 1.807) is 0 Å². The van der Waals surface area contributed by atoms with Gasteiger partial charge in [0, 0.05) is 12.6 Å². The fraction of sp³-hybridized carbons (Fsp3) is 0.889. The molecule has 0 amide bonds. The highest BCUT2D eigenvalue weighted by atomic mass is 16.4. The van der Waals surface area contributed by atoms with E-state index >= 15 is 0 Å². The second-order valence-electron chi connectivity index (χ2n) is 3.69. The Hall–Kier alpha value is -0.610. The molecule has 0 aliphatic heterocycles. The summed E-state index contributed by atoms with van der Waals surface area (Å²) in [7, 11) is 0. The first-order valence-corrected chi connectivity index (χ1v) is 4.92. The zero-order chi connectivity index (χ0) is 9.68. The van der Waals surface area contributed by atoms with Crippen molar-refractivity contribution in [2.45, 2.75) is 44.2 Å². The standard InChI is InChI=1S/C9H18N2O2/c10-8(9(12)13)6-11-7-4-2-1-3-5-7/h7-8,11H,1-6,10H2,(H,12,13). The molecule has 4 heteroatoms. The highest BCUT2D eigenvalue weighted by Crippen LogP contribution is 2.16. The van der Waals surface area contributed by atoms with Crippen LogP contribution in [0.1, 0.15) is 32.1 Å². The second-order valence-corrected chi connectivity index (χ2v) is 3.69. The van der Waals surface area contributed by atoms with Crippen molar-refractivity contribution in [1.82, 2.24) is 5.32 Å². The summed E-state index contributed by atoms with van der Waals surface area (Å²) in [5.41, 5.74) is 5.37. The lowest BCUT2D eigenvalue weighted by Gasteiger charge is -2.23. The Morgan fingerprint density at radius 3 is 2.62 bits per heavy atom. The highest BCUT2D eigenvalue weighted by Gasteiger charge is 2.16.